The Hall–Kier alpha value is -2.15. The van der Waals surface area contributed by atoms with Crippen molar-refractivity contribution in [1.29, 1.82) is 0 Å². The standard InChI is InChI=1S/C18H17N/c1-2-5-14-10-11-19-18(12-14)17-9-8-15-6-3-4-7-16(15)13-17/h3-4,6-13H,2,5H2,1H3. The number of aromatic nitrogens is 1. The van der Waals surface area contributed by atoms with Crippen molar-refractivity contribution in [2.45, 2.75) is 19.8 Å². The van der Waals surface area contributed by atoms with Crippen molar-refractivity contribution in [1.82, 2.24) is 4.98 Å². The average molecular weight is 247 g/mol. The highest BCUT2D eigenvalue weighted by atomic mass is 14.7. The van der Waals surface area contributed by atoms with Crippen molar-refractivity contribution < 1.29 is 0 Å². The molecular weight excluding hydrogens is 230 g/mol. The molecule has 1 heterocycles. The van der Waals surface area contributed by atoms with Gasteiger partial charge in [-0.15, -0.1) is 0 Å². The Labute approximate surface area is 113 Å². The molecule has 2 aromatic carbocycles. The monoisotopic (exact) mass is 247 g/mol. The van der Waals surface area contributed by atoms with E-state index in [2.05, 4.69) is 66.5 Å². The quantitative estimate of drug-likeness (QED) is 0.644. The molecule has 1 aromatic heterocycles. The molecule has 0 N–H and O–H groups in total. The number of pyridine rings is 1. The van der Waals surface area contributed by atoms with Gasteiger partial charge in [0.1, 0.15) is 0 Å². The summed E-state index contributed by atoms with van der Waals surface area (Å²) in [6.07, 6.45) is 4.19. The SMILES string of the molecule is CCCc1ccnc(-c2ccc3ccccc3c2)c1. The van der Waals surface area contributed by atoms with Crippen molar-refractivity contribution in [3.8, 4) is 11.3 Å². The fourth-order valence-electron chi connectivity index (χ4n) is 2.42. The highest BCUT2D eigenvalue weighted by Crippen LogP contribution is 2.23. The lowest BCUT2D eigenvalue weighted by molar-refractivity contribution is 0.919. The van der Waals surface area contributed by atoms with Gasteiger partial charge in [0.15, 0.2) is 0 Å². The lowest BCUT2D eigenvalue weighted by Gasteiger charge is -2.05. The van der Waals surface area contributed by atoms with E-state index in [4.69, 9.17) is 0 Å². The van der Waals surface area contributed by atoms with E-state index in [0.29, 0.717) is 0 Å². The Balaban J connectivity index is 2.05. The number of fused-ring (bicyclic) bond motifs is 1. The zero-order chi connectivity index (χ0) is 13.1. The minimum absolute atomic E-state index is 1.07. The maximum atomic E-state index is 4.50. The highest BCUT2D eigenvalue weighted by molar-refractivity contribution is 5.86. The van der Waals surface area contributed by atoms with E-state index < -0.39 is 0 Å². The van der Waals surface area contributed by atoms with Crippen LogP contribution in [-0.4, -0.2) is 4.98 Å². The van der Waals surface area contributed by atoms with Gasteiger partial charge in [-0.1, -0.05) is 49.7 Å². The fourth-order valence-corrected chi connectivity index (χ4v) is 2.42. The van der Waals surface area contributed by atoms with Gasteiger partial charge >= 0.3 is 0 Å². The summed E-state index contributed by atoms with van der Waals surface area (Å²) >= 11 is 0. The number of benzene rings is 2. The largest absolute Gasteiger partial charge is 0.256 e. The van der Waals surface area contributed by atoms with Crippen LogP contribution in [-0.2, 0) is 6.42 Å². The van der Waals surface area contributed by atoms with Crippen LogP contribution in [0, 0.1) is 0 Å². The number of rotatable bonds is 3. The van der Waals surface area contributed by atoms with Crippen LogP contribution >= 0.6 is 0 Å². The van der Waals surface area contributed by atoms with Crippen molar-refractivity contribution in [2.75, 3.05) is 0 Å². The van der Waals surface area contributed by atoms with Crippen LogP contribution in [0.15, 0.2) is 60.8 Å². The second-order valence-corrected chi connectivity index (χ2v) is 4.86. The normalized spacial score (nSPS) is 10.8. The molecule has 1 nitrogen and oxygen atoms in total. The van der Waals surface area contributed by atoms with Gasteiger partial charge in [0, 0.05) is 11.8 Å². The number of nitrogens with zero attached hydrogens (tertiary/aromatic N) is 1. The van der Waals surface area contributed by atoms with Gasteiger partial charge in [0.25, 0.3) is 0 Å². The molecule has 0 spiro atoms. The van der Waals surface area contributed by atoms with E-state index >= 15 is 0 Å². The molecule has 19 heavy (non-hydrogen) atoms. The summed E-state index contributed by atoms with van der Waals surface area (Å²) in [7, 11) is 0. The molecule has 0 saturated carbocycles. The molecule has 0 aliphatic heterocycles. The van der Waals surface area contributed by atoms with Gasteiger partial charge in [0.05, 0.1) is 5.69 Å². The van der Waals surface area contributed by atoms with Crippen molar-refractivity contribution in [2.24, 2.45) is 0 Å². The summed E-state index contributed by atoms with van der Waals surface area (Å²) in [5.41, 5.74) is 3.62. The fraction of sp³-hybridized carbons (Fsp3) is 0.167. The minimum Gasteiger partial charge on any atom is -0.256 e. The Morgan fingerprint density at radius 1 is 0.895 bits per heavy atom. The molecule has 0 atom stereocenters. The van der Waals surface area contributed by atoms with Crippen molar-refractivity contribution in [3.63, 3.8) is 0 Å². The summed E-state index contributed by atoms with van der Waals surface area (Å²) in [6, 6.07) is 19.3. The smallest absolute Gasteiger partial charge is 0.0704 e. The third-order valence-corrected chi connectivity index (χ3v) is 3.41. The molecule has 0 amide bonds. The predicted octanol–water partition coefficient (Wildman–Crippen LogP) is 4.85. The Kier molecular flexibility index (Phi) is 3.28. The third-order valence-electron chi connectivity index (χ3n) is 3.41. The van der Waals surface area contributed by atoms with E-state index in [1.54, 1.807) is 0 Å². The zero-order valence-corrected chi connectivity index (χ0v) is 11.1. The van der Waals surface area contributed by atoms with Crippen LogP contribution in [0.2, 0.25) is 0 Å². The lowest BCUT2D eigenvalue weighted by atomic mass is 10.0. The van der Waals surface area contributed by atoms with E-state index in [-0.39, 0.29) is 0 Å². The first-order valence-electron chi connectivity index (χ1n) is 6.81. The van der Waals surface area contributed by atoms with E-state index in [0.717, 1.165) is 12.1 Å². The maximum absolute atomic E-state index is 4.50. The van der Waals surface area contributed by atoms with Crippen molar-refractivity contribution >= 4 is 10.8 Å². The Bertz CT molecular complexity index is 701. The molecule has 94 valence electrons. The highest BCUT2D eigenvalue weighted by Gasteiger charge is 2.02. The topological polar surface area (TPSA) is 12.9 Å². The molecule has 3 rings (SSSR count). The molecule has 1 heteroatoms. The Morgan fingerprint density at radius 2 is 1.74 bits per heavy atom. The summed E-state index contributed by atoms with van der Waals surface area (Å²) in [4.78, 5) is 4.50. The van der Waals surface area contributed by atoms with Crippen LogP contribution in [0.1, 0.15) is 18.9 Å². The molecule has 0 fully saturated rings. The number of hydrogen-bond donors (Lipinski definition) is 0. The molecule has 0 bridgehead atoms. The zero-order valence-electron chi connectivity index (χ0n) is 11.1. The van der Waals surface area contributed by atoms with E-state index in [1.807, 2.05) is 6.20 Å². The van der Waals surface area contributed by atoms with E-state index in [9.17, 15) is 0 Å². The van der Waals surface area contributed by atoms with E-state index in [1.165, 1.54) is 28.3 Å². The van der Waals surface area contributed by atoms with Crippen LogP contribution in [0.3, 0.4) is 0 Å². The lowest BCUT2D eigenvalue weighted by Crippen LogP contribution is -1.88. The summed E-state index contributed by atoms with van der Waals surface area (Å²) in [5.74, 6) is 0. The molecule has 0 radical (unpaired) electrons. The van der Waals surface area contributed by atoms with Gasteiger partial charge < -0.3 is 0 Å². The third kappa shape index (κ3) is 2.50. The van der Waals surface area contributed by atoms with Gasteiger partial charge in [-0.2, -0.15) is 0 Å². The van der Waals surface area contributed by atoms with Gasteiger partial charge in [-0.25, -0.2) is 0 Å². The molecule has 0 saturated heterocycles. The molecule has 0 aliphatic rings. The van der Waals surface area contributed by atoms with Gasteiger partial charge in [-0.05, 0) is 41.0 Å². The maximum Gasteiger partial charge on any atom is 0.0704 e. The summed E-state index contributed by atoms with van der Waals surface area (Å²) in [5, 5.41) is 2.54. The van der Waals surface area contributed by atoms with Crippen LogP contribution < -0.4 is 0 Å². The first kappa shape index (κ1) is 11.9. The van der Waals surface area contributed by atoms with Crippen LogP contribution in [0.25, 0.3) is 22.0 Å². The minimum atomic E-state index is 1.07. The first-order valence-corrected chi connectivity index (χ1v) is 6.81. The summed E-state index contributed by atoms with van der Waals surface area (Å²) in [6.45, 7) is 2.20. The molecular formula is C18H17N. The van der Waals surface area contributed by atoms with Crippen LogP contribution in [0.4, 0.5) is 0 Å². The molecule has 0 unspecified atom stereocenters. The predicted molar refractivity (Wildman–Crippen MR) is 81.2 cm³/mol. The van der Waals surface area contributed by atoms with Crippen molar-refractivity contribution in [3.05, 3.63) is 66.4 Å². The average Bonchev–Trinajstić information content (AvgIpc) is 2.47. The number of hydrogen-bond acceptors (Lipinski definition) is 1. The second-order valence-electron chi connectivity index (χ2n) is 4.86. The first-order chi connectivity index (χ1) is 9.36. The Morgan fingerprint density at radius 3 is 2.58 bits per heavy atom. The molecule has 0 aliphatic carbocycles. The van der Waals surface area contributed by atoms with Gasteiger partial charge in [-0.3, -0.25) is 4.98 Å². The number of aryl methyl sites for hydroxylation is 1. The second kappa shape index (κ2) is 5.23. The van der Waals surface area contributed by atoms with Crippen LogP contribution in [0.5, 0.6) is 0 Å². The summed E-state index contributed by atoms with van der Waals surface area (Å²) < 4.78 is 0. The van der Waals surface area contributed by atoms with Gasteiger partial charge in [0.2, 0.25) is 0 Å². The molecule has 3 aromatic rings.